The quantitative estimate of drug-likeness (QED) is 0.435. The lowest BCUT2D eigenvalue weighted by Gasteiger charge is -2.07. The van der Waals surface area contributed by atoms with Gasteiger partial charge in [0.05, 0.1) is 5.75 Å². The van der Waals surface area contributed by atoms with E-state index in [1.165, 1.54) is 23.1 Å². The summed E-state index contributed by atoms with van der Waals surface area (Å²) in [6.45, 7) is 6.18. The van der Waals surface area contributed by atoms with Crippen molar-refractivity contribution in [3.8, 4) is 11.4 Å². The molecule has 2 heterocycles. The van der Waals surface area contributed by atoms with E-state index in [1.54, 1.807) is 6.08 Å². The summed E-state index contributed by atoms with van der Waals surface area (Å²) in [4.78, 5) is 12.1. The van der Waals surface area contributed by atoms with Gasteiger partial charge in [-0.25, -0.2) is 0 Å². The van der Waals surface area contributed by atoms with E-state index in [4.69, 9.17) is 0 Å². The van der Waals surface area contributed by atoms with Crippen molar-refractivity contribution in [2.75, 3.05) is 11.1 Å². The molecule has 1 N–H and O–H groups in total. The lowest BCUT2D eigenvalue weighted by atomic mass is 10.2. The Kier molecular flexibility index (Phi) is 6.17. The highest BCUT2D eigenvalue weighted by Crippen LogP contribution is 2.25. The first-order valence-electron chi connectivity index (χ1n) is 7.59. The van der Waals surface area contributed by atoms with Crippen molar-refractivity contribution >= 4 is 50.1 Å². The van der Waals surface area contributed by atoms with Crippen molar-refractivity contribution in [1.29, 1.82) is 0 Å². The highest BCUT2D eigenvalue weighted by atomic mass is 79.9. The maximum Gasteiger partial charge on any atom is 0.236 e. The predicted octanol–water partition coefficient (Wildman–Crippen LogP) is 3.78. The number of allylic oxidation sites excluding steroid dienone is 1. The lowest BCUT2D eigenvalue weighted by molar-refractivity contribution is -0.113. The Bertz CT molecular complexity index is 921. The third kappa shape index (κ3) is 4.57. The molecule has 3 aromatic rings. The van der Waals surface area contributed by atoms with Crippen molar-refractivity contribution in [2.24, 2.45) is 0 Å². The van der Waals surface area contributed by atoms with Gasteiger partial charge in [-0.2, -0.15) is 0 Å². The zero-order chi connectivity index (χ0) is 18.5. The number of hydrogen-bond acceptors (Lipinski definition) is 7. The van der Waals surface area contributed by atoms with Crippen LogP contribution in [0.5, 0.6) is 0 Å². The number of thioether (sulfide) groups is 1. The third-order valence-electron chi connectivity index (χ3n) is 3.24. The van der Waals surface area contributed by atoms with Gasteiger partial charge in [-0.05, 0) is 19.1 Å². The van der Waals surface area contributed by atoms with Crippen LogP contribution in [-0.4, -0.2) is 36.6 Å². The van der Waals surface area contributed by atoms with Gasteiger partial charge in [0.2, 0.25) is 11.0 Å². The standard InChI is InChI=1S/C16H15BrN6OS2/c1-3-8-23-14(11-4-6-12(17)7-5-11)20-22-16(23)25-9-13(24)18-15-21-19-10(2)26-15/h3-7H,1,8-9H2,2H3,(H,18,21,24). The number of aromatic nitrogens is 5. The molecule has 0 atom stereocenters. The molecule has 10 heteroatoms. The van der Waals surface area contributed by atoms with Gasteiger partial charge < -0.3 is 0 Å². The fourth-order valence-electron chi connectivity index (χ4n) is 2.13. The van der Waals surface area contributed by atoms with E-state index in [2.05, 4.69) is 48.2 Å². The van der Waals surface area contributed by atoms with Crippen LogP contribution in [0.15, 0.2) is 46.5 Å². The van der Waals surface area contributed by atoms with Crippen LogP contribution >= 0.6 is 39.0 Å². The van der Waals surface area contributed by atoms with Gasteiger partial charge in [0.1, 0.15) is 5.01 Å². The van der Waals surface area contributed by atoms with Gasteiger partial charge in [-0.1, -0.05) is 57.2 Å². The zero-order valence-electron chi connectivity index (χ0n) is 13.8. The summed E-state index contributed by atoms with van der Waals surface area (Å²) in [7, 11) is 0. The number of amides is 1. The van der Waals surface area contributed by atoms with Crippen LogP contribution in [0.1, 0.15) is 5.01 Å². The molecule has 1 aromatic carbocycles. The molecule has 0 bridgehead atoms. The largest absolute Gasteiger partial charge is 0.300 e. The first-order valence-corrected chi connectivity index (χ1v) is 10.2. The van der Waals surface area contributed by atoms with E-state index in [9.17, 15) is 4.79 Å². The summed E-state index contributed by atoms with van der Waals surface area (Å²) >= 11 is 6.08. The minimum absolute atomic E-state index is 0.163. The van der Waals surface area contributed by atoms with E-state index in [0.717, 1.165) is 20.9 Å². The first kappa shape index (κ1) is 18.7. The van der Waals surface area contributed by atoms with E-state index >= 15 is 0 Å². The van der Waals surface area contributed by atoms with Crippen LogP contribution < -0.4 is 5.32 Å². The summed E-state index contributed by atoms with van der Waals surface area (Å²) in [6.07, 6.45) is 1.78. The molecule has 0 aliphatic heterocycles. The molecule has 0 fully saturated rings. The second kappa shape index (κ2) is 8.56. The van der Waals surface area contributed by atoms with Crippen molar-refractivity contribution in [1.82, 2.24) is 25.0 Å². The molecule has 0 aliphatic carbocycles. The normalized spacial score (nSPS) is 10.7. The molecule has 7 nitrogen and oxygen atoms in total. The number of nitrogens with zero attached hydrogens (tertiary/aromatic N) is 5. The van der Waals surface area contributed by atoms with Crippen molar-refractivity contribution in [3.63, 3.8) is 0 Å². The third-order valence-corrected chi connectivity index (χ3v) is 5.49. The van der Waals surface area contributed by atoms with Gasteiger partial charge in [0.15, 0.2) is 11.0 Å². The molecule has 0 saturated heterocycles. The van der Waals surface area contributed by atoms with Gasteiger partial charge in [-0.15, -0.1) is 27.0 Å². The summed E-state index contributed by atoms with van der Waals surface area (Å²) in [5, 5.41) is 21.0. The number of carbonyl (C=O) groups excluding carboxylic acids is 1. The number of hydrogen-bond donors (Lipinski definition) is 1. The Morgan fingerprint density at radius 1 is 1.31 bits per heavy atom. The molecule has 0 saturated carbocycles. The van der Waals surface area contributed by atoms with Gasteiger partial charge in [-0.3, -0.25) is 14.7 Å². The summed E-state index contributed by atoms with van der Waals surface area (Å²) in [5.41, 5.74) is 0.947. The molecular formula is C16H15BrN6OS2. The zero-order valence-corrected chi connectivity index (χ0v) is 17.1. The lowest BCUT2D eigenvalue weighted by Crippen LogP contribution is -2.14. The average molecular weight is 451 g/mol. The molecule has 134 valence electrons. The SMILES string of the molecule is C=CCn1c(SCC(=O)Nc2nnc(C)s2)nnc1-c1ccc(Br)cc1. The van der Waals surface area contributed by atoms with Crippen LogP contribution in [0.2, 0.25) is 0 Å². The van der Waals surface area contributed by atoms with Crippen molar-refractivity contribution in [3.05, 3.63) is 46.4 Å². The van der Waals surface area contributed by atoms with E-state index in [1.807, 2.05) is 35.8 Å². The van der Waals surface area contributed by atoms with Crippen LogP contribution in [-0.2, 0) is 11.3 Å². The van der Waals surface area contributed by atoms with E-state index in [-0.39, 0.29) is 11.7 Å². The smallest absolute Gasteiger partial charge is 0.236 e. The number of carbonyl (C=O) groups is 1. The molecule has 0 aliphatic rings. The fraction of sp³-hybridized carbons (Fsp3) is 0.188. The Morgan fingerprint density at radius 3 is 2.73 bits per heavy atom. The Hall–Kier alpha value is -2.04. The maximum absolute atomic E-state index is 12.1. The number of nitrogens with one attached hydrogen (secondary N) is 1. The minimum Gasteiger partial charge on any atom is -0.300 e. The van der Waals surface area contributed by atoms with E-state index in [0.29, 0.717) is 16.8 Å². The molecular weight excluding hydrogens is 436 g/mol. The summed E-state index contributed by atoms with van der Waals surface area (Å²) < 4.78 is 2.93. The highest BCUT2D eigenvalue weighted by Gasteiger charge is 2.15. The van der Waals surface area contributed by atoms with Gasteiger partial charge >= 0.3 is 0 Å². The Balaban J connectivity index is 1.72. The number of halogens is 1. The second-order valence-electron chi connectivity index (χ2n) is 5.18. The number of aryl methyl sites for hydroxylation is 1. The molecule has 1 amide bonds. The predicted molar refractivity (Wildman–Crippen MR) is 107 cm³/mol. The number of rotatable bonds is 7. The molecule has 0 spiro atoms. The molecule has 0 radical (unpaired) electrons. The Morgan fingerprint density at radius 2 is 2.08 bits per heavy atom. The molecule has 26 heavy (non-hydrogen) atoms. The minimum atomic E-state index is -0.163. The van der Waals surface area contributed by atoms with Gasteiger partial charge in [0.25, 0.3) is 0 Å². The van der Waals surface area contributed by atoms with Crippen LogP contribution in [0.3, 0.4) is 0 Å². The monoisotopic (exact) mass is 450 g/mol. The van der Waals surface area contributed by atoms with Crippen molar-refractivity contribution < 1.29 is 4.79 Å². The maximum atomic E-state index is 12.1. The second-order valence-corrected chi connectivity index (χ2v) is 8.22. The topological polar surface area (TPSA) is 85.6 Å². The van der Waals surface area contributed by atoms with Crippen LogP contribution in [0.4, 0.5) is 5.13 Å². The molecule has 0 unspecified atom stereocenters. The van der Waals surface area contributed by atoms with Crippen LogP contribution in [0.25, 0.3) is 11.4 Å². The number of benzene rings is 1. The van der Waals surface area contributed by atoms with Crippen molar-refractivity contribution in [2.45, 2.75) is 18.6 Å². The number of anilines is 1. The van der Waals surface area contributed by atoms with E-state index < -0.39 is 0 Å². The Labute approximate surface area is 167 Å². The molecule has 2 aromatic heterocycles. The first-order chi connectivity index (χ1) is 12.6. The average Bonchev–Trinajstić information content (AvgIpc) is 3.20. The summed E-state index contributed by atoms with van der Waals surface area (Å²) in [6, 6.07) is 7.83. The van der Waals surface area contributed by atoms with Gasteiger partial charge in [0, 0.05) is 16.6 Å². The summed E-state index contributed by atoms with van der Waals surface area (Å²) in [5.74, 6) is 0.776. The fourth-order valence-corrected chi connectivity index (χ4v) is 3.75. The van der Waals surface area contributed by atoms with Crippen LogP contribution in [0, 0.1) is 6.92 Å². The molecule has 3 rings (SSSR count). The highest BCUT2D eigenvalue weighted by molar-refractivity contribution is 9.10.